The molecular formula is C68H71Cl3N12O14. The van der Waals surface area contributed by atoms with E-state index in [4.69, 9.17) is 68.0 Å². The third-order valence-electron chi connectivity index (χ3n) is 18.1. The lowest BCUT2D eigenvalue weighted by Crippen LogP contribution is -2.47. The second-order valence-corrected chi connectivity index (χ2v) is 25.8. The van der Waals surface area contributed by atoms with E-state index in [1.54, 1.807) is 42.5 Å². The minimum Gasteiger partial charge on any atom is -0.465 e. The van der Waals surface area contributed by atoms with Crippen LogP contribution in [-0.2, 0) is 58.4 Å². The summed E-state index contributed by atoms with van der Waals surface area (Å²) in [5.41, 5.74) is 11.2. The van der Waals surface area contributed by atoms with Crippen molar-refractivity contribution in [2.45, 2.75) is 116 Å². The number of imidazole rings is 3. The lowest BCUT2D eigenvalue weighted by molar-refractivity contribution is -0.129. The highest BCUT2D eigenvalue weighted by Gasteiger charge is 2.41. The Morgan fingerprint density at radius 2 is 0.887 bits per heavy atom. The molecule has 6 aliphatic rings. The van der Waals surface area contributed by atoms with Gasteiger partial charge in [0.25, 0.3) is 0 Å². The average molecular weight is 1390 g/mol. The number of likely N-dealkylation sites (tertiary alicyclic amines) is 3. The number of aliphatic hydroxyl groups is 3. The van der Waals surface area contributed by atoms with E-state index in [1.165, 1.54) is 12.7 Å². The van der Waals surface area contributed by atoms with Gasteiger partial charge in [0, 0.05) is 72.5 Å². The summed E-state index contributed by atoms with van der Waals surface area (Å²) < 4.78 is 37.1. The number of hydrogen-bond donors (Lipinski definition) is 9. The summed E-state index contributed by atoms with van der Waals surface area (Å²) in [6.45, 7) is 10.2. The van der Waals surface area contributed by atoms with Crippen molar-refractivity contribution in [3.05, 3.63) is 156 Å². The SMILES string of the molecule is COC(=O)c1ccc2nc(CNC(=O)[C@@H]3[C@@H](O)CCN3Cc3cc4c(cc3Cl)OCO4)[nH]c2c1.Cc1ccc2[nH]c(CNC(=O)[C@@H]3[C@@H](O)CCN3Cc3cc4c(cc3Cl)OCO4)nc2c1C.Cc1ccc2nc(CNC(=O)[C@@H]3[C@@H](O)CCN3Cc3cc4c(cc3Cl)OCO4)[nH]c2c1. The molecule has 3 fully saturated rings. The van der Waals surface area contributed by atoms with Crippen LogP contribution in [0.5, 0.6) is 34.5 Å². The van der Waals surface area contributed by atoms with Gasteiger partial charge in [-0.25, -0.2) is 19.7 Å². The number of halogens is 3. The first-order valence-corrected chi connectivity index (χ1v) is 32.7. The van der Waals surface area contributed by atoms with Crippen molar-refractivity contribution >= 4 is 91.6 Å². The number of nitrogens with one attached hydrogen (secondary N) is 6. The standard InChI is InChI=1S/C23H23ClN4O6.C23H25ClN4O4.C22H23ClN4O4/c1-32-23(31)12-2-3-15-16(6-12)27-20(26-15)9-25-22(30)21-17(29)4-5-28(21)10-13-7-18-19(8-14(13)24)34-11-33-18;1-12-3-4-16-21(13(12)2)27-20(26-16)9-25-23(30)22-17(29)5-6-28(22)10-14-7-18-19(8-15(14)24)32-11-31-18;1-12-2-3-15-16(6-12)26-20(25-15)9-24-22(29)21-17(28)4-5-27(21)10-13-7-18-19(8-14(13)23)31-11-30-18/h2-3,6-8,17,21,29H,4-5,9-11H2,1H3,(H,25,30)(H,26,27);3-4,7-8,17,22,29H,5-6,9-11H2,1-2H3,(H,25,30)(H,26,27);2-3,6-8,17,21,28H,4-5,9-11H2,1H3,(H,24,29)(H,25,26)/t17-,21-;17-,22-;17-,21-/m000/s1. The van der Waals surface area contributed by atoms with Crippen molar-refractivity contribution in [1.82, 2.24) is 60.6 Å². The first-order chi connectivity index (χ1) is 46.8. The van der Waals surface area contributed by atoms with Crippen molar-refractivity contribution in [3.63, 3.8) is 0 Å². The molecule has 9 N–H and O–H groups in total. The number of aromatic amines is 3. The van der Waals surface area contributed by atoms with E-state index < -0.39 is 42.4 Å². The van der Waals surface area contributed by atoms with E-state index in [-0.39, 0.29) is 57.7 Å². The van der Waals surface area contributed by atoms with Gasteiger partial charge in [0.2, 0.25) is 38.1 Å². The normalized spacial score (nSPS) is 20.1. The number of aromatic nitrogens is 6. The highest BCUT2D eigenvalue weighted by molar-refractivity contribution is 6.32. The minimum absolute atomic E-state index is 0.142. The number of aryl methyl sites for hydroxylation is 3. The molecule has 9 heterocycles. The molecule has 0 saturated carbocycles. The molecule has 3 saturated heterocycles. The van der Waals surface area contributed by atoms with Crippen LogP contribution in [0.3, 0.4) is 0 Å². The fourth-order valence-electron chi connectivity index (χ4n) is 12.9. The monoisotopic (exact) mass is 1380 g/mol. The Kier molecular flexibility index (Phi) is 19.7. The zero-order valence-corrected chi connectivity index (χ0v) is 55.6. The van der Waals surface area contributed by atoms with Gasteiger partial charge >= 0.3 is 5.97 Å². The van der Waals surface area contributed by atoms with Crippen LogP contribution < -0.4 is 44.4 Å². The van der Waals surface area contributed by atoms with Gasteiger partial charge in [-0.1, -0.05) is 46.9 Å². The molecule has 0 unspecified atom stereocenters. The summed E-state index contributed by atoms with van der Waals surface area (Å²) in [5, 5.41) is 41.8. The van der Waals surface area contributed by atoms with E-state index >= 15 is 0 Å². The summed E-state index contributed by atoms with van der Waals surface area (Å²) in [6.07, 6.45) is -0.783. The van der Waals surface area contributed by atoms with Crippen molar-refractivity contribution in [3.8, 4) is 34.5 Å². The van der Waals surface area contributed by atoms with Crippen LogP contribution in [0, 0.1) is 20.8 Å². The van der Waals surface area contributed by atoms with E-state index in [1.807, 2.05) is 77.9 Å². The van der Waals surface area contributed by atoms with Gasteiger partial charge < -0.3 is 79.4 Å². The van der Waals surface area contributed by atoms with Gasteiger partial charge in [0.1, 0.15) is 35.6 Å². The summed E-state index contributed by atoms with van der Waals surface area (Å²) in [5.74, 6) is 4.38. The number of esters is 1. The van der Waals surface area contributed by atoms with Crippen LogP contribution >= 0.6 is 34.8 Å². The van der Waals surface area contributed by atoms with Crippen LogP contribution in [0.2, 0.25) is 15.1 Å². The Morgan fingerprint density at radius 1 is 0.505 bits per heavy atom. The number of amides is 3. The number of fused-ring (bicyclic) bond motifs is 6. The van der Waals surface area contributed by atoms with Crippen LogP contribution in [0.25, 0.3) is 33.1 Å². The zero-order chi connectivity index (χ0) is 67.8. The predicted octanol–water partition coefficient (Wildman–Crippen LogP) is 7.30. The molecule has 0 spiro atoms. The maximum Gasteiger partial charge on any atom is 0.337 e. The molecule has 0 aliphatic carbocycles. The van der Waals surface area contributed by atoms with E-state index in [0.717, 1.165) is 49.9 Å². The number of benzene rings is 6. The smallest absolute Gasteiger partial charge is 0.337 e. The minimum atomic E-state index is -0.800. The van der Waals surface area contributed by atoms with E-state index in [2.05, 4.69) is 45.9 Å². The molecule has 97 heavy (non-hydrogen) atoms. The number of nitrogens with zero attached hydrogens (tertiary/aromatic N) is 6. The molecule has 29 heteroatoms. The van der Waals surface area contributed by atoms with Gasteiger partial charge in [0.15, 0.2) is 34.5 Å². The number of ether oxygens (including phenoxy) is 7. The number of carbonyl (C=O) groups is 4. The van der Waals surface area contributed by atoms with Crippen molar-refractivity contribution < 1.29 is 67.7 Å². The number of hydrogen-bond acceptors (Lipinski definition) is 20. The number of H-pyrrole nitrogens is 3. The molecule has 3 amide bonds. The van der Waals surface area contributed by atoms with Crippen LogP contribution in [0.15, 0.2) is 84.9 Å². The lowest BCUT2D eigenvalue weighted by atomic mass is 10.1. The Balaban J connectivity index is 0.000000131. The van der Waals surface area contributed by atoms with Crippen molar-refractivity contribution in [1.29, 1.82) is 0 Å². The Bertz CT molecular complexity index is 4490. The fraction of sp³-hybridized carbons (Fsp3) is 0.368. The quantitative estimate of drug-likeness (QED) is 0.0428. The highest BCUT2D eigenvalue weighted by atomic mass is 35.5. The molecule has 15 rings (SSSR count). The number of methoxy groups -OCH3 is 1. The topological polar surface area (TPSA) is 325 Å². The molecule has 0 radical (unpaired) electrons. The molecule has 6 atom stereocenters. The van der Waals surface area contributed by atoms with Crippen molar-refractivity contribution in [2.75, 3.05) is 47.1 Å². The Morgan fingerprint density at radius 3 is 1.31 bits per heavy atom. The maximum absolute atomic E-state index is 13.0. The second kappa shape index (κ2) is 28.6. The largest absolute Gasteiger partial charge is 0.465 e. The summed E-state index contributed by atoms with van der Waals surface area (Å²) in [7, 11) is 1.32. The molecule has 508 valence electrons. The summed E-state index contributed by atoms with van der Waals surface area (Å²) in [4.78, 5) is 79.6. The van der Waals surface area contributed by atoms with E-state index in [9.17, 15) is 34.5 Å². The number of aliphatic hydroxyl groups excluding tert-OH is 3. The Labute approximate surface area is 570 Å². The van der Waals surface area contributed by atoms with Crippen LogP contribution in [0.1, 0.15) is 80.5 Å². The number of carbonyl (C=O) groups excluding carboxylic acids is 4. The Hall–Kier alpha value is -8.96. The second-order valence-electron chi connectivity index (χ2n) is 24.6. The average Bonchev–Trinajstić information content (AvgIpc) is 1.98. The summed E-state index contributed by atoms with van der Waals surface area (Å²) >= 11 is 19.2. The first-order valence-electron chi connectivity index (χ1n) is 31.6. The molecule has 9 aromatic rings. The van der Waals surface area contributed by atoms with Gasteiger partial charge in [-0.2, -0.15) is 0 Å². The van der Waals surface area contributed by atoms with Crippen LogP contribution in [0.4, 0.5) is 0 Å². The van der Waals surface area contributed by atoms with Crippen LogP contribution in [-0.4, -0.2) is 167 Å². The zero-order valence-electron chi connectivity index (χ0n) is 53.3. The molecule has 0 bridgehead atoms. The van der Waals surface area contributed by atoms with Crippen molar-refractivity contribution in [2.24, 2.45) is 0 Å². The maximum atomic E-state index is 13.0. The summed E-state index contributed by atoms with van der Waals surface area (Å²) in [6, 6.07) is 23.6. The van der Waals surface area contributed by atoms with Gasteiger partial charge in [0.05, 0.1) is 83.7 Å². The van der Waals surface area contributed by atoms with E-state index in [0.29, 0.717) is 142 Å². The third-order valence-corrected chi connectivity index (χ3v) is 19.2. The third kappa shape index (κ3) is 14.5. The number of rotatable bonds is 16. The van der Waals surface area contributed by atoms with Gasteiger partial charge in [-0.3, -0.25) is 29.1 Å². The molecule has 6 aliphatic heterocycles. The molecule has 6 aromatic carbocycles. The predicted molar refractivity (Wildman–Crippen MR) is 357 cm³/mol. The highest BCUT2D eigenvalue weighted by Crippen LogP contribution is 2.41. The lowest BCUT2D eigenvalue weighted by Gasteiger charge is -2.25. The van der Waals surface area contributed by atoms with Gasteiger partial charge in [-0.15, -0.1) is 0 Å². The molecular weight excluding hydrogens is 1320 g/mol. The fourth-order valence-corrected chi connectivity index (χ4v) is 13.5. The molecule has 3 aromatic heterocycles. The first kappa shape index (κ1) is 66.6. The van der Waals surface area contributed by atoms with Gasteiger partial charge in [-0.05, 0) is 128 Å². The molecule has 26 nitrogen and oxygen atoms in total.